The summed E-state index contributed by atoms with van der Waals surface area (Å²) in [7, 11) is 0. The van der Waals surface area contributed by atoms with E-state index in [1.54, 1.807) is 12.1 Å². The maximum Gasteiger partial charge on any atom is 0.252 e. The van der Waals surface area contributed by atoms with Crippen LogP contribution in [0.15, 0.2) is 48.5 Å². The summed E-state index contributed by atoms with van der Waals surface area (Å²) in [6.45, 7) is 2.58. The lowest BCUT2D eigenvalue weighted by molar-refractivity contribution is -0.161. The summed E-state index contributed by atoms with van der Waals surface area (Å²) in [5, 5.41) is 3.40. The Morgan fingerprint density at radius 2 is 1.93 bits per heavy atom. The molecule has 2 aromatic carbocycles. The van der Waals surface area contributed by atoms with Crippen molar-refractivity contribution in [3.05, 3.63) is 71.0 Å². The number of nitrogens with zero attached hydrogens (tertiary/aromatic N) is 1. The number of benzene rings is 2. The number of morpholine rings is 1. The van der Waals surface area contributed by atoms with E-state index in [-0.39, 0.29) is 29.9 Å². The first-order valence-corrected chi connectivity index (χ1v) is 10.3. The van der Waals surface area contributed by atoms with Crippen molar-refractivity contribution in [2.75, 3.05) is 26.3 Å². The van der Waals surface area contributed by atoms with Gasteiger partial charge in [0.25, 0.3) is 5.91 Å². The molecule has 2 aromatic rings. The molecule has 5 rings (SSSR count). The minimum atomic E-state index is -0.510. The molecule has 0 aliphatic carbocycles. The number of fused-ring (bicyclic) bond motifs is 2. The van der Waals surface area contributed by atoms with Crippen LogP contribution in [0.25, 0.3) is 0 Å². The first-order valence-electron chi connectivity index (χ1n) is 10.3. The van der Waals surface area contributed by atoms with E-state index in [1.165, 1.54) is 17.7 Å². The second-order valence-electron chi connectivity index (χ2n) is 7.96. The molecule has 152 valence electrons. The maximum absolute atomic E-state index is 13.5. The number of rotatable bonds is 2. The Bertz CT molecular complexity index is 888. The molecule has 3 aliphatic rings. The van der Waals surface area contributed by atoms with Crippen LogP contribution in [0, 0.1) is 5.82 Å². The zero-order chi connectivity index (χ0) is 19.8. The normalized spacial score (nSPS) is 29.1. The Morgan fingerprint density at radius 3 is 2.79 bits per heavy atom. The molecule has 0 aromatic heterocycles. The molecular formula is C23H25FN2O3. The van der Waals surface area contributed by atoms with Crippen molar-refractivity contribution in [2.24, 2.45) is 0 Å². The summed E-state index contributed by atoms with van der Waals surface area (Å²) in [4.78, 5) is 15.4. The van der Waals surface area contributed by atoms with Crippen molar-refractivity contribution in [2.45, 2.75) is 37.1 Å². The van der Waals surface area contributed by atoms with Gasteiger partial charge in [0.2, 0.25) is 0 Å². The fourth-order valence-corrected chi connectivity index (χ4v) is 4.77. The molecule has 1 amide bonds. The van der Waals surface area contributed by atoms with Crippen molar-refractivity contribution in [3.63, 3.8) is 0 Å². The summed E-state index contributed by atoms with van der Waals surface area (Å²) < 4.78 is 25.4. The van der Waals surface area contributed by atoms with E-state index >= 15 is 0 Å². The van der Waals surface area contributed by atoms with Crippen LogP contribution in [-0.2, 0) is 20.7 Å². The summed E-state index contributed by atoms with van der Waals surface area (Å²) in [5.41, 5.74) is 3.24. The molecule has 0 saturated carbocycles. The Balaban J connectivity index is 1.44. The first-order chi connectivity index (χ1) is 14.2. The number of halogens is 1. The van der Waals surface area contributed by atoms with Crippen LogP contribution in [0.3, 0.4) is 0 Å². The molecule has 3 heterocycles. The van der Waals surface area contributed by atoms with Crippen LogP contribution in [0.5, 0.6) is 0 Å². The molecule has 4 atom stereocenters. The van der Waals surface area contributed by atoms with Gasteiger partial charge in [-0.1, -0.05) is 36.4 Å². The standard InChI is InChI=1S/C23H25FN2O3/c24-17-7-5-16(6-8-17)22-18-4-2-1-3-15(18)9-11-26(22)23(27)21-13-20-19(14-29-21)25-10-12-28-20/h1-8,19-22,25H,9-14H2/t19-,20+,21-,22+/m1/s1. The smallest absolute Gasteiger partial charge is 0.252 e. The van der Waals surface area contributed by atoms with E-state index in [1.807, 2.05) is 17.0 Å². The topological polar surface area (TPSA) is 50.8 Å². The van der Waals surface area contributed by atoms with E-state index in [9.17, 15) is 9.18 Å². The fourth-order valence-electron chi connectivity index (χ4n) is 4.77. The van der Waals surface area contributed by atoms with E-state index < -0.39 is 6.10 Å². The summed E-state index contributed by atoms with van der Waals surface area (Å²) in [5.74, 6) is -0.291. The molecular weight excluding hydrogens is 371 g/mol. The second kappa shape index (κ2) is 7.86. The number of hydrogen-bond acceptors (Lipinski definition) is 4. The van der Waals surface area contributed by atoms with Crippen molar-refractivity contribution in [1.82, 2.24) is 10.2 Å². The van der Waals surface area contributed by atoms with Crippen molar-refractivity contribution in [1.29, 1.82) is 0 Å². The van der Waals surface area contributed by atoms with E-state index in [2.05, 4.69) is 17.4 Å². The van der Waals surface area contributed by atoms with Crippen molar-refractivity contribution < 1.29 is 18.7 Å². The van der Waals surface area contributed by atoms with Gasteiger partial charge in [-0.25, -0.2) is 4.39 Å². The minimum Gasteiger partial charge on any atom is -0.375 e. The molecule has 3 aliphatic heterocycles. The third-order valence-electron chi connectivity index (χ3n) is 6.24. The van der Waals surface area contributed by atoms with Gasteiger partial charge in [0.05, 0.1) is 31.4 Å². The highest BCUT2D eigenvalue weighted by Gasteiger charge is 2.41. The van der Waals surface area contributed by atoms with Gasteiger partial charge < -0.3 is 19.7 Å². The largest absolute Gasteiger partial charge is 0.375 e. The van der Waals surface area contributed by atoms with E-state index in [0.29, 0.717) is 26.2 Å². The summed E-state index contributed by atoms with van der Waals surface area (Å²) in [6, 6.07) is 14.6. The lowest BCUT2D eigenvalue weighted by Gasteiger charge is -2.43. The Morgan fingerprint density at radius 1 is 1.10 bits per heavy atom. The zero-order valence-corrected chi connectivity index (χ0v) is 16.2. The van der Waals surface area contributed by atoms with Gasteiger partial charge >= 0.3 is 0 Å². The molecule has 29 heavy (non-hydrogen) atoms. The fraction of sp³-hybridized carbons (Fsp3) is 0.435. The average molecular weight is 396 g/mol. The molecule has 6 heteroatoms. The number of nitrogens with one attached hydrogen (secondary N) is 1. The SMILES string of the molecule is O=C([C@H]1C[C@@H]2OCCN[C@@H]2CO1)N1CCc2ccccc2[C@@H]1c1ccc(F)cc1. The van der Waals surface area contributed by atoms with Crippen LogP contribution < -0.4 is 5.32 Å². The number of amides is 1. The van der Waals surface area contributed by atoms with E-state index in [0.717, 1.165) is 24.1 Å². The highest BCUT2D eigenvalue weighted by Crippen LogP contribution is 2.36. The number of hydrogen-bond donors (Lipinski definition) is 1. The van der Waals surface area contributed by atoms with Crippen LogP contribution in [0.4, 0.5) is 4.39 Å². The molecule has 0 unspecified atom stereocenters. The lowest BCUT2D eigenvalue weighted by Crippen LogP contribution is -2.58. The average Bonchev–Trinajstić information content (AvgIpc) is 2.78. The number of ether oxygens (including phenoxy) is 2. The van der Waals surface area contributed by atoms with Gasteiger partial charge in [-0.15, -0.1) is 0 Å². The predicted molar refractivity (Wildman–Crippen MR) is 106 cm³/mol. The molecule has 0 radical (unpaired) electrons. The monoisotopic (exact) mass is 396 g/mol. The van der Waals surface area contributed by atoms with Gasteiger partial charge in [-0.2, -0.15) is 0 Å². The Labute approximate surface area is 169 Å². The Hall–Kier alpha value is -2.28. The maximum atomic E-state index is 13.5. The van der Waals surface area contributed by atoms with Crippen molar-refractivity contribution in [3.8, 4) is 0 Å². The molecule has 2 saturated heterocycles. The van der Waals surface area contributed by atoms with Gasteiger partial charge in [0, 0.05) is 19.5 Å². The van der Waals surface area contributed by atoms with Gasteiger partial charge in [-0.05, 0) is 35.2 Å². The second-order valence-corrected chi connectivity index (χ2v) is 7.96. The summed E-state index contributed by atoms with van der Waals surface area (Å²) >= 11 is 0. The third kappa shape index (κ3) is 3.56. The quantitative estimate of drug-likeness (QED) is 0.847. The predicted octanol–water partition coefficient (Wildman–Crippen LogP) is 2.45. The first kappa shape index (κ1) is 18.7. The molecule has 0 spiro atoms. The van der Waals surface area contributed by atoms with Crippen molar-refractivity contribution >= 4 is 5.91 Å². The molecule has 5 nitrogen and oxygen atoms in total. The van der Waals surface area contributed by atoms with E-state index in [4.69, 9.17) is 9.47 Å². The Kier molecular flexibility index (Phi) is 5.08. The molecule has 1 N–H and O–H groups in total. The lowest BCUT2D eigenvalue weighted by atomic mass is 9.87. The summed E-state index contributed by atoms with van der Waals surface area (Å²) in [6.07, 6.45) is 0.860. The van der Waals surface area contributed by atoms with Gasteiger partial charge in [-0.3, -0.25) is 4.79 Å². The van der Waals surface area contributed by atoms with Crippen LogP contribution >= 0.6 is 0 Å². The minimum absolute atomic E-state index is 0.00722. The molecule has 2 fully saturated rings. The van der Waals surface area contributed by atoms with Crippen LogP contribution in [-0.4, -0.2) is 55.4 Å². The van der Waals surface area contributed by atoms with Crippen LogP contribution in [0.2, 0.25) is 0 Å². The zero-order valence-electron chi connectivity index (χ0n) is 16.2. The highest BCUT2D eigenvalue weighted by molar-refractivity contribution is 5.82. The number of carbonyl (C=O) groups excluding carboxylic acids is 1. The van der Waals surface area contributed by atoms with Gasteiger partial charge in [0.1, 0.15) is 11.9 Å². The van der Waals surface area contributed by atoms with Crippen LogP contribution in [0.1, 0.15) is 29.2 Å². The number of carbonyl (C=O) groups is 1. The van der Waals surface area contributed by atoms with Gasteiger partial charge in [0.15, 0.2) is 0 Å². The third-order valence-corrected chi connectivity index (χ3v) is 6.24. The molecule has 0 bridgehead atoms. The highest BCUT2D eigenvalue weighted by atomic mass is 19.1.